The van der Waals surface area contributed by atoms with Gasteiger partial charge in [0.1, 0.15) is 5.75 Å². The fourth-order valence-corrected chi connectivity index (χ4v) is 3.11. The molecule has 2 aromatic heterocycles. The van der Waals surface area contributed by atoms with E-state index in [1.54, 1.807) is 19.5 Å². The number of nitrogens with two attached hydrogens (primary N) is 1. The van der Waals surface area contributed by atoms with Gasteiger partial charge < -0.3 is 10.5 Å². The summed E-state index contributed by atoms with van der Waals surface area (Å²) in [5, 5.41) is 0.569. The van der Waals surface area contributed by atoms with Crippen LogP contribution in [0.3, 0.4) is 0 Å². The number of nitrogens with zero attached hydrogens (tertiary/aromatic N) is 2. The van der Waals surface area contributed by atoms with Gasteiger partial charge in [0, 0.05) is 29.3 Å². The van der Waals surface area contributed by atoms with Crippen LogP contribution in [0.4, 0.5) is 5.13 Å². The molecular weight excluding hydrogens is 282 g/mol. The van der Waals surface area contributed by atoms with Gasteiger partial charge in [0.25, 0.3) is 0 Å². The van der Waals surface area contributed by atoms with Gasteiger partial charge in [-0.2, -0.15) is 0 Å². The molecule has 0 unspecified atom stereocenters. The minimum atomic E-state index is 0.569. The molecular formula is C16H15N3OS. The molecule has 0 radical (unpaired) electrons. The predicted octanol–water partition coefficient (Wildman–Crippen LogP) is 3.39. The molecule has 0 aliphatic rings. The highest BCUT2D eigenvalue weighted by molar-refractivity contribution is 7.15. The number of methoxy groups -OCH3 is 1. The highest BCUT2D eigenvalue weighted by Crippen LogP contribution is 2.36. The maximum absolute atomic E-state index is 5.92. The van der Waals surface area contributed by atoms with Crippen LogP contribution < -0.4 is 10.5 Å². The van der Waals surface area contributed by atoms with Crippen molar-refractivity contribution in [3.8, 4) is 17.0 Å². The molecule has 0 spiro atoms. The van der Waals surface area contributed by atoms with E-state index in [9.17, 15) is 0 Å². The molecule has 0 aliphatic carbocycles. The van der Waals surface area contributed by atoms with Crippen molar-refractivity contribution in [2.24, 2.45) is 0 Å². The van der Waals surface area contributed by atoms with Gasteiger partial charge in [0.2, 0.25) is 0 Å². The largest absolute Gasteiger partial charge is 0.496 e. The fraction of sp³-hybridized carbons (Fsp3) is 0.125. The van der Waals surface area contributed by atoms with Crippen molar-refractivity contribution in [1.29, 1.82) is 0 Å². The van der Waals surface area contributed by atoms with Crippen molar-refractivity contribution < 1.29 is 4.74 Å². The molecule has 5 heteroatoms. The minimum Gasteiger partial charge on any atom is -0.496 e. The van der Waals surface area contributed by atoms with Crippen LogP contribution in [0.2, 0.25) is 0 Å². The number of hydrogen-bond acceptors (Lipinski definition) is 5. The summed E-state index contributed by atoms with van der Waals surface area (Å²) in [5.41, 5.74) is 8.97. The molecule has 1 aromatic carbocycles. The zero-order valence-corrected chi connectivity index (χ0v) is 12.4. The highest BCUT2D eigenvalue weighted by Gasteiger charge is 2.15. The lowest BCUT2D eigenvalue weighted by atomic mass is 10.1. The van der Waals surface area contributed by atoms with E-state index in [1.807, 2.05) is 36.4 Å². The molecule has 3 rings (SSSR count). The van der Waals surface area contributed by atoms with Crippen LogP contribution in [0, 0.1) is 0 Å². The van der Waals surface area contributed by atoms with E-state index >= 15 is 0 Å². The first-order valence-electron chi connectivity index (χ1n) is 6.55. The maximum Gasteiger partial charge on any atom is 0.180 e. The molecule has 2 heterocycles. The van der Waals surface area contributed by atoms with Crippen molar-refractivity contribution in [2.75, 3.05) is 12.8 Å². The lowest BCUT2D eigenvalue weighted by Gasteiger charge is -2.08. The third-order valence-electron chi connectivity index (χ3n) is 3.19. The van der Waals surface area contributed by atoms with Crippen LogP contribution in [0.1, 0.15) is 10.4 Å². The number of para-hydroxylation sites is 1. The quantitative estimate of drug-likeness (QED) is 0.802. The Balaban J connectivity index is 2.03. The minimum absolute atomic E-state index is 0.569. The summed E-state index contributed by atoms with van der Waals surface area (Å²) in [7, 11) is 1.66. The highest BCUT2D eigenvalue weighted by atomic mass is 32.1. The molecule has 0 fully saturated rings. The first kappa shape index (κ1) is 13.6. The summed E-state index contributed by atoms with van der Waals surface area (Å²) in [6.07, 6.45) is 4.37. The average Bonchev–Trinajstić information content (AvgIpc) is 2.88. The number of nitrogen functional groups attached to an aromatic ring is 1. The monoisotopic (exact) mass is 297 g/mol. The zero-order chi connectivity index (χ0) is 14.7. The predicted molar refractivity (Wildman–Crippen MR) is 85.6 cm³/mol. The summed E-state index contributed by atoms with van der Waals surface area (Å²) in [6.45, 7) is 0. The summed E-state index contributed by atoms with van der Waals surface area (Å²) in [5.74, 6) is 0.804. The van der Waals surface area contributed by atoms with Crippen molar-refractivity contribution in [2.45, 2.75) is 6.42 Å². The first-order chi connectivity index (χ1) is 10.3. The van der Waals surface area contributed by atoms with Gasteiger partial charge in [-0.1, -0.05) is 12.1 Å². The third kappa shape index (κ3) is 2.87. The van der Waals surface area contributed by atoms with Gasteiger partial charge in [-0.15, -0.1) is 11.3 Å². The molecule has 0 atom stereocenters. The van der Waals surface area contributed by atoms with Crippen molar-refractivity contribution in [3.63, 3.8) is 0 Å². The Hall–Kier alpha value is -2.40. The second-order valence-corrected chi connectivity index (χ2v) is 5.67. The van der Waals surface area contributed by atoms with Crippen LogP contribution >= 0.6 is 11.3 Å². The van der Waals surface area contributed by atoms with E-state index in [1.165, 1.54) is 16.9 Å². The molecule has 0 amide bonds. The van der Waals surface area contributed by atoms with Crippen LogP contribution in [0.25, 0.3) is 11.3 Å². The van der Waals surface area contributed by atoms with E-state index < -0.39 is 0 Å². The van der Waals surface area contributed by atoms with Gasteiger partial charge in [0.15, 0.2) is 5.13 Å². The summed E-state index contributed by atoms with van der Waals surface area (Å²) in [4.78, 5) is 9.66. The summed E-state index contributed by atoms with van der Waals surface area (Å²) in [6, 6.07) is 11.9. The average molecular weight is 297 g/mol. The number of rotatable bonds is 4. The van der Waals surface area contributed by atoms with Crippen LogP contribution in [0.15, 0.2) is 48.8 Å². The lowest BCUT2D eigenvalue weighted by molar-refractivity contribution is 0.416. The van der Waals surface area contributed by atoms with Crippen molar-refractivity contribution in [3.05, 3.63) is 59.2 Å². The van der Waals surface area contributed by atoms with Crippen molar-refractivity contribution in [1.82, 2.24) is 9.97 Å². The molecule has 2 N–H and O–H groups in total. The van der Waals surface area contributed by atoms with Crippen LogP contribution in [0.5, 0.6) is 5.75 Å². The van der Waals surface area contributed by atoms with E-state index in [-0.39, 0.29) is 0 Å². The van der Waals surface area contributed by atoms with Crippen LogP contribution in [-0.4, -0.2) is 17.1 Å². The lowest BCUT2D eigenvalue weighted by Crippen LogP contribution is -1.92. The van der Waals surface area contributed by atoms with E-state index in [0.29, 0.717) is 5.13 Å². The Labute approximate surface area is 127 Å². The molecule has 106 valence electrons. The molecule has 21 heavy (non-hydrogen) atoms. The number of pyridine rings is 1. The standard InChI is InChI=1S/C16H15N3OS/c1-20-13-5-3-2-4-12(13)15-14(21-16(17)19-15)10-11-6-8-18-9-7-11/h2-9H,10H2,1H3,(H2,17,19). The van der Waals surface area contributed by atoms with Gasteiger partial charge in [0.05, 0.1) is 12.8 Å². The van der Waals surface area contributed by atoms with E-state index in [2.05, 4.69) is 9.97 Å². The number of ether oxygens (including phenoxy) is 1. The maximum atomic E-state index is 5.92. The summed E-state index contributed by atoms with van der Waals surface area (Å²) < 4.78 is 5.43. The van der Waals surface area contributed by atoms with E-state index in [4.69, 9.17) is 10.5 Å². The van der Waals surface area contributed by atoms with Crippen molar-refractivity contribution >= 4 is 16.5 Å². The Morgan fingerprint density at radius 2 is 1.90 bits per heavy atom. The molecule has 4 nitrogen and oxygen atoms in total. The Kier molecular flexibility index (Phi) is 3.83. The van der Waals surface area contributed by atoms with Gasteiger partial charge in [-0.3, -0.25) is 4.98 Å². The second kappa shape index (κ2) is 5.93. The normalized spacial score (nSPS) is 10.5. The second-order valence-electron chi connectivity index (χ2n) is 4.56. The van der Waals surface area contributed by atoms with Gasteiger partial charge in [-0.05, 0) is 29.8 Å². The van der Waals surface area contributed by atoms with Gasteiger partial charge >= 0.3 is 0 Å². The van der Waals surface area contributed by atoms with Gasteiger partial charge in [-0.25, -0.2) is 4.98 Å². The van der Waals surface area contributed by atoms with E-state index in [0.717, 1.165) is 28.3 Å². The Morgan fingerprint density at radius 3 is 2.67 bits per heavy atom. The number of anilines is 1. The molecule has 0 saturated heterocycles. The molecule has 0 bridgehead atoms. The van der Waals surface area contributed by atoms with Crippen LogP contribution in [-0.2, 0) is 6.42 Å². The SMILES string of the molecule is COc1ccccc1-c1nc(N)sc1Cc1ccncc1. The molecule has 0 aliphatic heterocycles. The third-order valence-corrected chi connectivity index (χ3v) is 4.07. The Bertz CT molecular complexity index is 740. The molecule has 3 aromatic rings. The fourth-order valence-electron chi connectivity index (χ4n) is 2.23. The Morgan fingerprint density at radius 1 is 1.14 bits per heavy atom. The molecule has 0 saturated carbocycles. The number of benzene rings is 1. The topological polar surface area (TPSA) is 61.0 Å². The summed E-state index contributed by atoms with van der Waals surface area (Å²) >= 11 is 1.51. The first-order valence-corrected chi connectivity index (χ1v) is 7.37. The number of aromatic nitrogens is 2. The number of hydrogen-bond donors (Lipinski definition) is 1. The smallest absolute Gasteiger partial charge is 0.180 e. The zero-order valence-electron chi connectivity index (χ0n) is 11.6. The number of thiazole rings is 1.